The Morgan fingerprint density at radius 2 is 1.76 bits per heavy atom. The van der Waals surface area contributed by atoms with Crippen molar-refractivity contribution in [3.05, 3.63) is 24.2 Å². The van der Waals surface area contributed by atoms with Crippen LogP contribution in [0.5, 0.6) is 0 Å². The van der Waals surface area contributed by atoms with Gasteiger partial charge in [0.25, 0.3) is 0 Å². The van der Waals surface area contributed by atoms with Crippen molar-refractivity contribution in [2.75, 3.05) is 0 Å². The summed E-state index contributed by atoms with van der Waals surface area (Å²) in [5.41, 5.74) is 0.876. The van der Waals surface area contributed by atoms with Crippen LogP contribution in [0.2, 0.25) is 18.1 Å². The van der Waals surface area contributed by atoms with Crippen molar-refractivity contribution in [2.24, 2.45) is 28.6 Å². The molecule has 0 bridgehead atoms. The number of furan rings is 1. The summed E-state index contributed by atoms with van der Waals surface area (Å²) in [6, 6.07) is 2.14. The summed E-state index contributed by atoms with van der Waals surface area (Å²) < 4.78 is 12.7. The molecular weight excluding hydrogens is 424 g/mol. The first kappa shape index (κ1) is 24.1. The third-order valence-electron chi connectivity index (χ3n) is 12.1. The minimum Gasteiger partial charge on any atom is -0.472 e. The molecule has 0 amide bonds. The van der Waals surface area contributed by atoms with Gasteiger partial charge in [-0.3, -0.25) is 0 Å². The fourth-order valence-electron chi connectivity index (χ4n) is 8.98. The van der Waals surface area contributed by atoms with Crippen LogP contribution in [0, 0.1) is 28.6 Å². The largest absolute Gasteiger partial charge is 0.472 e. The lowest BCUT2D eigenvalue weighted by molar-refractivity contribution is -0.219. The van der Waals surface area contributed by atoms with Crippen LogP contribution in [-0.4, -0.2) is 25.1 Å². The molecule has 0 radical (unpaired) electrons. The van der Waals surface area contributed by atoms with Crippen molar-refractivity contribution in [2.45, 2.75) is 128 Å². The molecule has 5 rings (SSSR count). The predicted molar refractivity (Wildman–Crippen MR) is 137 cm³/mol. The van der Waals surface area contributed by atoms with Crippen LogP contribution < -0.4 is 0 Å². The third-order valence-corrected chi connectivity index (χ3v) is 16.5. The van der Waals surface area contributed by atoms with Crippen molar-refractivity contribution in [1.82, 2.24) is 0 Å². The Morgan fingerprint density at radius 1 is 1.00 bits per heavy atom. The summed E-state index contributed by atoms with van der Waals surface area (Å²) >= 11 is 0. The van der Waals surface area contributed by atoms with Gasteiger partial charge in [0.15, 0.2) is 8.32 Å². The Morgan fingerprint density at radius 3 is 2.42 bits per heavy atom. The van der Waals surface area contributed by atoms with Gasteiger partial charge in [-0.1, -0.05) is 41.0 Å². The molecule has 0 aromatic carbocycles. The molecule has 8 atom stereocenters. The molecule has 4 aliphatic rings. The maximum atomic E-state index is 12.5. The maximum absolute atomic E-state index is 12.5. The Hall–Kier alpha value is -0.583. The van der Waals surface area contributed by atoms with E-state index in [4.69, 9.17) is 8.84 Å². The molecule has 0 saturated heterocycles. The highest BCUT2D eigenvalue weighted by molar-refractivity contribution is 6.74. The van der Waals surface area contributed by atoms with E-state index in [9.17, 15) is 5.11 Å². The van der Waals surface area contributed by atoms with Gasteiger partial charge >= 0.3 is 0 Å². The van der Waals surface area contributed by atoms with E-state index in [1.54, 1.807) is 6.26 Å². The second kappa shape index (κ2) is 7.71. The second-order valence-electron chi connectivity index (χ2n) is 14.2. The predicted octanol–water partition coefficient (Wildman–Crippen LogP) is 7.91. The van der Waals surface area contributed by atoms with Crippen LogP contribution in [0.4, 0.5) is 0 Å². The van der Waals surface area contributed by atoms with Crippen LogP contribution in [0.15, 0.2) is 23.0 Å². The Bertz CT molecular complexity index is 857. The standard InChI is InChI=1S/C29H48O3Si/c1-26(2,3)33(6,7)32-25-10-8-9-21-11-12-24-23(28(21,25)5)13-16-27(4)22(14-17-29(24,27)30)20-15-18-31-19-20/h15,18-19,21-25,30H,8-14,16-17H2,1-7H3/t21-,22+,23-,24+,25?,27+,28-,29-/m0/s1. The SMILES string of the molecule is CC(C)(C)[Si](C)(C)OC1CCC[C@H]2CC[C@@H]3[C@H](CC[C@]4(C)[C@@H](c5ccoc5)CC[C@]34O)[C@@]12C. The second-order valence-corrected chi connectivity index (χ2v) is 18.9. The topological polar surface area (TPSA) is 42.6 Å². The van der Waals surface area contributed by atoms with Crippen molar-refractivity contribution in [1.29, 1.82) is 0 Å². The minimum absolute atomic E-state index is 0.0499. The van der Waals surface area contributed by atoms with E-state index in [2.05, 4.69) is 53.8 Å². The number of rotatable bonds is 3. The molecule has 1 unspecified atom stereocenters. The zero-order valence-electron chi connectivity index (χ0n) is 22.2. The van der Waals surface area contributed by atoms with Gasteiger partial charge in [-0.15, -0.1) is 0 Å². The van der Waals surface area contributed by atoms with Crippen LogP contribution in [0.25, 0.3) is 0 Å². The lowest BCUT2D eigenvalue weighted by atomic mass is 9.43. The molecule has 4 saturated carbocycles. The number of hydrogen-bond donors (Lipinski definition) is 1. The van der Waals surface area contributed by atoms with Gasteiger partial charge < -0.3 is 13.9 Å². The van der Waals surface area contributed by atoms with Gasteiger partial charge in [-0.2, -0.15) is 0 Å². The number of hydrogen-bond acceptors (Lipinski definition) is 3. The highest BCUT2D eigenvalue weighted by Gasteiger charge is 2.68. The normalized spacial score (nSPS) is 45.9. The fourth-order valence-corrected chi connectivity index (χ4v) is 10.4. The highest BCUT2D eigenvalue weighted by Crippen LogP contribution is 2.71. The van der Waals surface area contributed by atoms with E-state index in [1.165, 1.54) is 44.1 Å². The average Bonchev–Trinajstić information content (AvgIpc) is 3.33. The first-order valence-corrected chi connectivity index (χ1v) is 16.7. The molecule has 1 heterocycles. The molecule has 0 aliphatic heterocycles. The molecule has 4 aliphatic carbocycles. The first-order chi connectivity index (χ1) is 15.3. The van der Waals surface area contributed by atoms with E-state index in [-0.39, 0.29) is 15.9 Å². The quantitative estimate of drug-likeness (QED) is 0.454. The van der Waals surface area contributed by atoms with E-state index in [1.807, 2.05) is 6.26 Å². The lowest BCUT2D eigenvalue weighted by Crippen LogP contribution is -2.65. The zero-order valence-corrected chi connectivity index (χ0v) is 23.2. The first-order valence-electron chi connectivity index (χ1n) is 13.8. The molecule has 0 spiro atoms. The molecule has 1 aromatic rings. The Kier molecular flexibility index (Phi) is 5.63. The van der Waals surface area contributed by atoms with Gasteiger partial charge in [0.1, 0.15) is 0 Å². The summed E-state index contributed by atoms with van der Waals surface area (Å²) in [4.78, 5) is 0. The van der Waals surface area contributed by atoms with Crippen LogP contribution >= 0.6 is 0 Å². The fraction of sp³-hybridized carbons (Fsp3) is 0.862. The third kappa shape index (κ3) is 3.33. The molecule has 33 heavy (non-hydrogen) atoms. The molecule has 1 N–H and O–H groups in total. The number of fused-ring (bicyclic) bond motifs is 5. The molecule has 1 aromatic heterocycles. The van der Waals surface area contributed by atoms with E-state index < -0.39 is 13.9 Å². The molecule has 3 nitrogen and oxygen atoms in total. The minimum atomic E-state index is -1.85. The van der Waals surface area contributed by atoms with E-state index >= 15 is 0 Å². The highest BCUT2D eigenvalue weighted by atomic mass is 28.4. The Balaban J connectivity index is 1.48. The number of aliphatic hydroxyl groups is 1. The summed E-state index contributed by atoms with van der Waals surface area (Å²) in [5.74, 6) is 2.14. The van der Waals surface area contributed by atoms with Gasteiger partial charge in [0, 0.05) is 5.41 Å². The van der Waals surface area contributed by atoms with E-state index in [0.717, 1.165) is 25.2 Å². The summed E-state index contributed by atoms with van der Waals surface area (Å²) in [5, 5.41) is 12.8. The van der Waals surface area contributed by atoms with Crippen molar-refractivity contribution in [3.8, 4) is 0 Å². The average molecular weight is 473 g/mol. The van der Waals surface area contributed by atoms with Gasteiger partial charge in [0.2, 0.25) is 0 Å². The summed E-state index contributed by atoms with van der Waals surface area (Å²) in [6.45, 7) is 16.9. The lowest BCUT2D eigenvalue weighted by Gasteiger charge is -2.65. The Labute approximate surface area is 203 Å². The van der Waals surface area contributed by atoms with Crippen LogP contribution in [0.3, 0.4) is 0 Å². The van der Waals surface area contributed by atoms with Gasteiger partial charge in [-0.05, 0) is 110 Å². The molecule has 186 valence electrons. The molecule has 4 heteroatoms. The van der Waals surface area contributed by atoms with Crippen molar-refractivity contribution in [3.63, 3.8) is 0 Å². The van der Waals surface area contributed by atoms with Crippen LogP contribution in [-0.2, 0) is 4.43 Å². The van der Waals surface area contributed by atoms with Gasteiger partial charge in [-0.25, -0.2) is 0 Å². The molecule has 4 fully saturated rings. The molecular formula is C29H48O3Si. The monoisotopic (exact) mass is 472 g/mol. The van der Waals surface area contributed by atoms with Crippen LogP contribution in [0.1, 0.15) is 104 Å². The zero-order chi connectivity index (χ0) is 23.9. The summed E-state index contributed by atoms with van der Waals surface area (Å²) in [6.07, 6.45) is 14.8. The van der Waals surface area contributed by atoms with Crippen molar-refractivity contribution < 1.29 is 13.9 Å². The van der Waals surface area contributed by atoms with Crippen molar-refractivity contribution >= 4 is 8.32 Å². The smallest absolute Gasteiger partial charge is 0.192 e. The van der Waals surface area contributed by atoms with E-state index in [0.29, 0.717) is 23.9 Å². The maximum Gasteiger partial charge on any atom is 0.192 e. The summed E-state index contributed by atoms with van der Waals surface area (Å²) in [7, 11) is -1.85. The van der Waals surface area contributed by atoms with Gasteiger partial charge in [0.05, 0.1) is 24.2 Å².